The fourth-order valence-electron chi connectivity index (χ4n) is 3.08. The molecule has 5 nitrogen and oxygen atoms in total. The molecule has 6 heteroatoms. The molecule has 26 heavy (non-hydrogen) atoms. The number of hydrogen-bond acceptors (Lipinski definition) is 3. The lowest BCUT2D eigenvalue weighted by Crippen LogP contribution is -2.37. The molecular formula is C20H14FN3O2. The van der Waals surface area contributed by atoms with E-state index < -0.39 is 5.91 Å². The molecule has 0 bridgehead atoms. The Morgan fingerprint density at radius 1 is 1.12 bits per heavy atom. The molecule has 3 aromatic rings. The highest BCUT2D eigenvalue weighted by Crippen LogP contribution is 2.36. The molecule has 128 valence electrons. The maximum Gasteiger partial charge on any atom is 0.260 e. The van der Waals surface area contributed by atoms with E-state index in [9.17, 15) is 14.0 Å². The molecule has 1 heterocycles. The predicted molar refractivity (Wildman–Crippen MR) is 97.8 cm³/mol. The highest BCUT2D eigenvalue weighted by atomic mass is 19.1. The van der Waals surface area contributed by atoms with Crippen LogP contribution in [0.25, 0.3) is 10.8 Å². The number of benzene rings is 3. The normalized spacial score (nSPS) is 13.0. The van der Waals surface area contributed by atoms with Crippen molar-refractivity contribution in [1.29, 1.82) is 0 Å². The fraction of sp³-hybridized carbons (Fsp3) is 0.0500. The number of hydrazone groups is 1. The quantitative estimate of drug-likeness (QED) is 0.582. The van der Waals surface area contributed by atoms with Gasteiger partial charge in [-0.2, -0.15) is 5.10 Å². The van der Waals surface area contributed by atoms with Crippen LogP contribution in [0.15, 0.2) is 65.8 Å². The van der Waals surface area contributed by atoms with E-state index >= 15 is 0 Å². The van der Waals surface area contributed by atoms with Crippen molar-refractivity contribution >= 4 is 34.5 Å². The van der Waals surface area contributed by atoms with Crippen LogP contribution in [0.2, 0.25) is 0 Å². The molecule has 0 saturated carbocycles. The summed E-state index contributed by atoms with van der Waals surface area (Å²) in [5.41, 5.74) is 4.21. The molecule has 1 N–H and O–H groups in total. The first-order valence-electron chi connectivity index (χ1n) is 8.04. The highest BCUT2D eigenvalue weighted by molar-refractivity contribution is 6.26. The number of hydrogen-bond donors (Lipinski definition) is 1. The lowest BCUT2D eigenvalue weighted by molar-refractivity contribution is -0.119. The van der Waals surface area contributed by atoms with Gasteiger partial charge >= 0.3 is 0 Å². The third-order valence-corrected chi connectivity index (χ3v) is 4.20. The molecule has 0 aromatic heterocycles. The summed E-state index contributed by atoms with van der Waals surface area (Å²) in [5.74, 6) is -1.02. The molecule has 0 radical (unpaired) electrons. The minimum Gasteiger partial charge on any atom is -0.298 e. The molecule has 4 rings (SSSR count). The molecule has 0 spiro atoms. The average Bonchev–Trinajstić information content (AvgIpc) is 2.90. The first-order valence-corrected chi connectivity index (χ1v) is 8.04. The summed E-state index contributed by atoms with van der Waals surface area (Å²) in [6.07, 6.45) is 1.35. The number of halogens is 1. The van der Waals surface area contributed by atoms with Gasteiger partial charge in [-0.1, -0.05) is 36.4 Å². The van der Waals surface area contributed by atoms with Gasteiger partial charge in [0.05, 0.1) is 11.9 Å². The van der Waals surface area contributed by atoms with Crippen LogP contribution < -0.4 is 10.3 Å². The van der Waals surface area contributed by atoms with Crippen molar-refractivity contribution in [3.63, 3.8) is 0 Å². The monoisotopic (exact) mass is 347 g/mol. The zero-order valence-electron chi connectivity index (χ0n) is 13.6. The van der Waals surface area contributed by atoms with E-state index in [1.54, 1.807) is 18.2 Å². The molecule has 3 aromatic carbocycles. The van der Waals surface area contributed by atoms with Crippen LogP contribution in [0.3, 0.4) is 0 Å². The minimum atomic E-state index is -0.434. The van der Waals surface area contributed by atoms with Gasteiger partial charge in [0, 0.05) is 10.9 Å². The van der Waals surface area contributed by atoms with Crippen LogP contribution in [0.4, 0.5) is 10.1 Å². The van der Waals surface area contributed by atoms with Gasteiger partial charge in [0.1, 0.15) is 12.4 Å². The zero-order chi connectivity index (χ0) is 18.1. The van der Waals surface area contributed by atoms with Gasteiger partial charge in [0.25, 0.3) is 11.8 Å². The molecule has 2 amide bonds. The van der Waals surface area contributed by atoms with Gasteiger partial charge < -0.3 is 0 Å². The summed E-state index contributed by atoms with van der Waals surface area (Å²) in [6, 6.07) is 17.0. The van der Waals surface area contributed by atoms with Gasteiger partial charge in [0.2, 0.25) is 0 Å². The Morgan fingerprint density at radius 2 is 1.88 bits per heavy atom. The van der Waals surface area contributed by atoms with Crippen molar-refractivity contribution in [2.45, 2.75) is 0 Å². The smallest absolute Gasteiger partial charge is 0.260 e. The lowest BCUT2D eigenvalue weighted by Gasteiger charge is -2.16. The Morgan fingerprint density at radius 3 is 2.69 bits per heavy atom. The molecular weight excluding hydrogens is 333 g/mol. The number of anilines is 1. The Balaban J connectivity index is 1.49. The number of amides is 2. The van der Waals surface area contributed by atoms with E-state index in [2.05, 4.69) is 10.5 Å². The second-order valence-corrected chi connectivity index (χ2v) is 5.92. The van der Waals surface area contributed by atoms with Crippen LogP contribution in [0.5, 0.6) is 0 Å². The van der Waals surface area contributed by atoms with Gasteiger partial charge in [-0.3, -0.25) is 14.5 Å². The van der Waals surface area contributed by atoms with Crippen LogP contribution in [-0.4, -0.2) is 24.6 Å². The van der Waals surface area contributed by atoms with Gasteiger partial charge in [0.15, 0.2) is 0 Å². The summed E-state index contributed by atoms with van der Waals surface area (Å²) in [4.78, 5) is 26.2. The molecule has 0 unspecified atom stereocenters. The Kier molecular flexibility index (Phi) is 3.93. The number of rotatable bonds is 4. The van der Waals surface area contributed by atoms with Crippen LogP contribution in [0, 0.1) is 5.82 Å². The van der Waals surface area contributed by atoms with E-state index in [1.165, 1.54) is 23.2 Å². The van der Waals surface area contributed by atoms with Crippen molar-refractivity contribution in [1.82, 2.24) is 5.43 Å². The second kappa shape index (κ2) is 6.40. The maximum absolute atomic E-state index is 13.1. The van der Waals surface area contributed by atoms with E-state index in [0.29, 0.717) is 16.8 Å². The third kappa shape index (κ3) is 2.82. The van der Waals surface area contributed by atoms with Crippen molar-refractivity contribution in [2.24, 2.45) is 5.10 Å². The molecule has 0 fully saturated rings. The first-order chi connectivity index (χ1) is 12.6. The molecule has 0 atom stereocenters. The molecule has 1 aliphatic rings. The zero-order valence-corrected chi connectivity index (χ0v) is 13.6. The standard InChI is InChI=1S/C20H14FN3O2/c21-15-7-1-4-13(10-15)11-22-23-18(25)12-24-17-9-3-6-14-5-2-8-16(19(14)17)20(24)26/h1-11H,12H2,(H,23,25)/b22-11+. The second-order valence-electron chi connectivity index (χ2n) is 5.92. The Bertz CT molecular complexity index is 1060. The summed E-state index contributed by atoms with van der Waals surface area (Å²) in [7, 11) is 0. The van der Waals surface area contributed by atoms with Gasteiger partial charge in [-0.15, -0.1) is 0 Å². The largest absolute Gasteiger partial charge is 0.298 e. The highest BCUT2D eigenvalue weighted by Gasteiger charge is 2.30. The molecule has 1 aliphatic heterocycles. The number of carbonyl (C=O) groups excluding carboxylic acids is 2. The van der Waals surface area contributed by atoms with Gasteiger partial charge in [-0.05, 0) is 35.2 Å². The van der Waals surface area contributed by atoms with Crippen LogP contribution >= 0.6 is 0 Å². The number of nitrogens with one attached hydrogen (secondary N) is 1. The van der Waals surface area contributed by atoms with Crippen molar-refractivity contribution in [2.75, 3.05) is 11.4 Å². The van der Waals surface area contributed by atoms with Crippen molar-refractivity contribution in [3.05, 3.63) is 77.6 Å². The van der Waals surface area contributed by atoms with Crippen molar-refractivity contribution in [3.8, 4) is 0 Å². The van der Waals surface area contributed by atoms with E-state index in [4.69, 9.17) is 0 Å². The Labute approximate surface area is 148 Å². The van der Waals surface area contributed by atoms with E-state index in [0.717, 1.165) is 10.8 Å². The van der Waals surface area contributed by atoms with Crippen LogP contribution in [-0.2, 0) is 4.79 Å². The van der Waals surface area contributed by atoms with E-state index in [-0.39, 0.29) is 18.3 Å². The Hall–Kier alpha value is -3.54. The third-order valence-electron chi connectivity index (χ3n) is 4.20. The number of carbonyl (C=O) groups is 2. The van der Waals surface area contributed by atoms with Gasteiger partial charge in [-0.25, -0.2) is 9.82 Å². The summed E-state index contributed by atoms with van der Waals surface area (Å²) in [5, 5.41) is 5.63. The average molecular weight is 347 g/mol. The van der Waals surface area contributed by atoms with Crippen LogP contribution in [0.1, 0.15) is 15.9 Å². The van der Waals surface area contributed by atoms with E-state index in [1.807, 2.05) is 30.3 Å². The predicted octanol–water partition coefficient (Wildman–Crippen LogP) is 3.09. The fourth-order valence-corrected chi connectivity index (χ4v) is 3.08. The topological polar surface area (TPSA) is 61.8 Å². The maximum atomic E-state index is 13.1. The first kappa shape index (κ1) is 16.0. The number of nitrogens with zero attached hydrogens (tertiary/aromatic N) is 2. The van der Waals surface area contributed by atoms with Crippen molar-refractivity contribution < 1.29 is 14.0 Å². The SMILES string of the molecule is O=C(CN1C(=O)c2cccc3cccc1c23)N/N=C/c1cccc(F)c1. The molecule has 0 saturated heterocycles. The lowest BCUT2D eigenvalue weighted by atomic mass is 10.1. The minimum absolute atomic E-state index is 0.146. The molecule has 0 aliphatic carbocycles. The summed E-state index contributed by atoms with van der Waals surface area (Å²) >= 11 is 0. The summed E-state index contributed by atoms with van der Waals surface area (Å²) < 4.78 is 13.1. The summed E-state index contributed by atoms with van der Waals surface area (Å²) in [6.45, 7) is -0.146.